The number of hydrogen-bond donors (Lipinski definition) is 1. The molecular formula is C10H17N3O2S2. The van der Waals surface area contributed by atoms with Gasteiger partial charge in [-0.25, -0.2) is 13.4 Å². The molecule has 1 aromatic rings. The van der Waals surface area contributed by atoms with Crippen molar-refractivity contribution in [2.75, 3.05) is 20.1 Å². The predicted octanol–water partition coefficient (Wildman–Crippen LogP) is 0.824. The van der Waals surface area contributed by atoms with Crippen LogP contribution in [0.2, 0.25) is 0 Å². The highest BCUT2D eigenvalue weighted by Crippen LogP contribution is 2.28. The highest BCUT2D eigenvalue weighted by Gasteiger charge is 2.35. The molecule has 1 aromatic heterocycles. The van der Waals surface area contributed by atoms with Gasteiger partial charge in [-0.2, -0.15) is 4.31 Å². The van der Waals surface area contributed by atoms with Crippen molar-refractivity contribution in [3.8, 4) is 0 Å². The molecule has 1 N–H and O–H groups in total. The average Bonchev–Trinajstić information content (AvgIpc) is 2.87. The van der Waals surface area contributed by atoms with E-state index in [1.807, 2.05) is 14.0 Å². The summed E-state index contributed by atoms with van der Waals surface area (Å²) in [5.41, 5.74) is 0. The first-order valence-electron chi connectivity index (χ1n) is 5.64. The fraction of sp³-hybridized carbons (Fsp3) is 0.700. The molecule has 0 aliphatic carbocycles. The fourth-order valence-electron chi connectivity index (χ4n) is 2.14. The van der Waals surface area contributed by atoms with Crippen LogP contribution in [0.1, 0.15) is 17.8 Å². The molecule has 1 aliphatic heterocycles. The first-order chi connectivity index (χ1) is 8.05. The Morgan fingerprint density at radius 1 is 1.65 bits per heavy atom. The van der Waals surface area contributed by atoms with Gasteiger partial charge in [-0.05, 0) is 26.8 Å². The molecule has 0 aromatic carbocycles. The van der Waals surface area contributed by atoms with Crippen LogP contribution < -0.4 is 5.32 Å². The van der Waals surface area contributed by atoms with Gasteiger partial charge < -0.3 is 5.32 Å². The van der Waals surface area contributed by atoms with E-state index in [0.29, 0.717) is 17.3 Å². The lowest BCUT2D eigenvalue weighted by molar-refractivity contribution is 0.380. The van der Waals surface area contributed by atoms with E-state index < -0.39 is 10.0 Å². The van der Waals surface area contributed by atoms with Crippen LogP contribution in [0.3, 0.4) is 0 Å². The summed E-state index contributed by atoms with van der Waals surface area (Å²) in [5, 5.41) is 3.84. The summed E-state index contributed by atoms with van der Waals surface area (Å²) in [6.07, 6.45) is 3.32. The maximum Gasteiger partial charge on any atom is 0.254 e. The smallest absolute Gasteiger partial charge is 0.254 e. The molecule has 2 heterocycles. The second kappa shape index (κ2) is 5.01. The Morgan fingerprint density at radius 3 is 3.00 bits per heavy atom. The van der Waals surface area contributed by atoms with E-state index >= 15 is 0 Å². The van der Waals surface area contributed by atoms with Crippen molar-refractivity contribution in [2.24, 2.45) is 0 Å². The number of rotatable bonds is 4. The molecule has 5 nitrogen and oxygen atoms in total. The zero-order valence-electron chi connectivity index (χ0n) is 10.0. The Balaban J connectivity index is 2.26. The SMILES string of the molecule is CNCC1CCCN1S(=O)(=O)c1cnc(C)s1. The van der Waals surface area contributed by atoms with Gasteiger partial charge >= 0.3 is 0 Å². The summed E-state index contributed by atoms with van der Waals surface area (Å²) in [6.45, 7) is 3.14. The molecule has 7 heteroatoms. The van der Waals surface area contributed by atoms with E-state index in [4.69, 9.17) is 0 Å². The monoisotopic (exact) mass is 275 g/mol. The van der Waals surface area contributed by atoms with Gasteiger partial charge in [0, 0.05) is 19.1 Å². The number of nitrogens with zero attached hydrogens (tertiary/aromatic N) is 2. The van der Waals surface area contributed by atoms with Crippen LogP contribution in [-0.4, -0.2) is 43.9 Å². The third kappa shape index (κ3) is 2.52. The summed E-state index contributed by atoms with van der Waals surface area (Å²) in [5.74, 6) is 0. The van der Waals surface area contributed by atoms with Crippen molar-refractivity contribution in [2.45, 2.75) is 30.0 Å². The van der Waals surface area contributed by atoms with Crippen LogP contribution in [0.15, 0.2) is 10.4 Å². The largest absolute Gasteiger partial charge is 0.318 e. The van der Waals surface area contributed by atoms with Gasteiger partial charge in [0.2, 0.25) is 0 Å². The van der Waals surface area contributed by atoms with Crippen molar-refractivity contribution < 1.29 is 8.42 Å². The topological polar surface area (TPSA) is 62.3 Å². The molecular weight excluding hydrogens is 258 g/mol. The van der Waals surface area contributed by atoms with Crippen molar-refractivity contribution in [3.05, 3.63) is 11.2 Å². The molecule has 1 atom stereocenters. The first kappa shape index (κ1) is 12.9. The van der Waals surface area contributed by atoms with E-state index in [9.17, 15) is 8.42 Å². The Hall–Kier alpha value is -0.500. The van der Waals surface area contributed by atoms with Crippen molar-refractivity contribution in [1.29, 1.82) is 0 Å². The number of likely N-dealkylation sites (N-methyl/N-ethyl adjacent to an activating group) is 1. The molecule has 0 radical (unpaired) electrons. The lowest BCUT2D eigenvalue weighted by atomic mass is 10.2. The quantitative estimate of drug-likeness (QED) is 0.884. The minimum atomic E-state index is -3.34. The minimum Gasteiger partial charge on any atom is -0.318 e. The maximum absolute atomic E-state index is 12.4. The van der Waals surface area contributed by atoms with Crippen LogP contribution in [0, 0.1) is 6.92 Å². The van der Waals surface area contributed by atoms with Crippen LogP contribution in [0.25, 0.3) is 0 Å². The van der Waals surface area contributed by atoms with Gasteiger partial charge in [-0.15, -0.1) is 11.3 Å². The molecule has 0 bridgehead atoms. The number of sulfonamides is 1. The van der Waals surface area contributed by atoms with E-state index in [1.165, 1.54) is 17.5 Å². The van der Waals surface area contributed by atoms with Crippen LogP contribution in [-0.2, 0) is 10.0 Å². The van der Waals surface area contributed by atoms with Crippen molar-refractivity contribution in [1.82, 2.24) is 14.6 Å². The van der Waals surface area contributed by atoms with Gasteiger partial charge in [0.05, 0.1) is 11.2 Å². The Labute approximate surface area is 106 Å². The molecule has 0 amide bonds. The molecule has 1 aliphatic rings. The van der Waals surface area contributed by atoms with Gasteiger partial charge in [-0.3, -0.25) is 0 Å². The fourth-order valence-corrected chi connectivity index (χ4v) is 5.07. The molecule has 2 rings (SSSR count). The summed E-state index contributed by atoms with van der Waals surface area (Å²) >= 11 is 1.24. The van der Waals surface area contributed by atoms with E-state index in [-0.39, 0.29) is 6.04 Å². The third-order valence-corrected chi connectivity index (χ3v) is 6.23. The molecule has 1 fully saturated rings. The number of aromatic nitrogens is 1. The summed E-state index contributed by atoms with van der Waals surface area (Å²) in [6, 6.07) is 0.0763. The summed E-state index contributed by atoms with van der Waals surface area (Å²) < 4.78 is 26.8. The zero-order chi connectivity index (χ0) is 12.5. The minimum absolute atomic E-state index is 0.0763. The Morgan fingerprint density at radius 2 is 2.41 bits per heavy atom. The predicted molar refractivity (Wildman–Crippen MR) is 67.7 cm³/mol. The standard InChI is InChI=1S/C10H17N3O2S2/c1-8-12-7-10(16-8)17(14,15)13-5-3-4-9(13)6-11-2/h7,9,11H,3-6H2,1-2H3. The van der Waals surface area contributed by atoms with Crippen LogP contribution in [0.4, 0.5) is 0 Å². The maximum atomic E-state index is 12.4. The van der Waals surface area contributed by atoms with Gasteiger partial charge in [0.25, 0.3) is 10.0 Å². The van der Waals surface area contributed by atoms with E-state index in [1.54, 1.807) is 4.31 Å². The lowest BCUT2D eigenvalue weighted by Crippen LogP contribution is -2.40. The van der Waals surface area contributed by atoms with Crippen molar-refractivity contribution >= 4 is 21.4 Å². The number of nitrogens with one attached hydrogen (secondary N) is 1. The van der Waals surface area contributed by atoms with Gasteiger partial charge in [-0.1, -0.05) is 0 Å². The van der Waals surface area contributed by atoms with E-state index in [2.05, 4.69) is 10.3 Å². The second-order valence-corrected chi connectivity index (χ2v) is 7.52. The Kier molecular flexibility index (Phi) is 3.82. The Bertz CT molecular complexity index is 483. The van der Waals surface area contributed by atoms with Crippen molar-refractivity contribution in [3.63, 3.8) is 0 Å². The molecule has 96 valence electrons. The number of thiazole rings is 1. The third-order valence-electron chi connectivity index (χ3n) is 2.93. The summed E-state index contributed by atoms with van der Waals surface area (Å²) in [7, 11) is -1.49. The number of hydrogen-bond acceptors (Lipinski definition) is 5. The zero-order valence-corrected chi connectivity index (χ0v) is 11.6. The molecule has 1 saturated heterocycles. The summed E-state index contributed by atoms with van der Waals surface area (Å²) in [4.78, 5) is 4.02. The number of aryl methyl sites for hydroxylation is 1. The average molecular weight is 275 g/mol. The molecule has 0 saturated carbocycles. The van der Waals surface area contributed by atoms with Gasteiger partial charge in [0.1, 0.15) is 0 Å². The molecule has 17 heavy (non-hydrogen) atoms. The van der Waals surface area contributed by atoms with E-state index in [0.717, 1.165) is 17.8 Å². The first-order valence-corrected chi connectivity index (χ1v) is 7.90. The molecule has 0 spiro atoms. The highest BCUT2D eigenvalue weighted by atomic mass is 32.2. The normalized spacial score (nSPS) is 22.1. The molecule has 1 unspecified atom stereocenters. The highest BCUT2D eigenvalue weighted by molar-refractivity contribution is 7.91. The van der Waals surface area contributed by atoms with Gasteiger partial charge in [0.15, 0.2) is 4.21 Å². The lowest BCUT2D eigenvalue weighted by Gasteiger charge is -2.22. The van der Waals surface area contributed by atoms with Crippen LogP contribution in [0.5, 0.6) is 0 Å². The van der Waals surface area contributed by atoms with Crippen LogP contribution >= 0.6 is 11.3 Å². The second-order valence-electron chi connectivity index (χ2n) is 4.17.